The van der Waals surface area contributed by atoms with E-state index in [4.69, 9.17) is 0 Å². The predicted octanol–water partition coefficient (Wildman–Crippen LogP) is 3.54. The minimum absolute atomic E-state index is 0.284. The molecule has 0 aliphatic carbocycles. The molecule has 0 aliphatic rings. The third kappa shape index (κ3) is 3.81. The molecule has 0 saturated carbocycles. The van der Waals surface area contributed by atoms with Crippen molar-refractivity contribution in [2.75, 3.05) is 0 Å². The third-order valence-corrected chi connectivity index (χ3v) is 3.25. The molecule has 5 heteroatoms. The lowest BCUT2D eigenvalue weighted by Crippen LogP contribution is -2.21. The second-order valence-electron chi connectivity index (χ2n) is 4.57. The van der Waals surface area contributed by atoms with Crippen LogP contribution in [0, 0.1) is 5.82 Å². The fourth-order valence-electron chi connectivity index (χ4n) is 1.58. The normalized spacial score (nSPS) is 11.0. The van der Waals surface area contributed by atoms with Crippen molar-refractivity contribution in [3.63, 3.8) is 0 Å². The Hall–Kier alpha value is -1.33. The van der Waals surface area contributed by atoms with Crippen molar-refractivity contribution in [3.8, 4) is 11.4 Å². The lowest BCUT2D eigenvalue weighted by atomic mass is 10.2. The molecule has 1 aromatic heterocycles. The summed E-state index contributed by atoms with van der Waals surface area (Å²) in [5, 5.41) is 3.30. The van der Waals surface area contributed by atoms with Gasteiger partial charge in [-0.05, 0) is 34.1 Å². The topological polar surface area (TPSA) is 37.8 Å². The molecule has 0 atom stereocenters. The fraction of sp³-hybridized carbons (Fsp3) is 0.286. The van der Waals surface area contributed by atoms with E-state index in [1.165, 1.54) is 12.1 Å². The highest BCUT2D eigenvalue weighted by atomic mass is 79.9. The van der Waals surface area contributed by atoms with Crippen LogP contribution < -0.4 is 5.32 Å². The van der Waals surface area contributed by atoms with Crippen LogP contribution >= 0.6 is 15.9 Å². The quantitative estimate of drug-likeness (QED) is 0.935. The molecule has 1 aromatic carbocycles. The van der Waals surface area contributed by atoms with Gasteiger partial charge in [0, 0.05) is 40.6 Å². The highest BCUT2D eigenvalue weighted by molar-refractivity contribution is 9.10. The van der Waals surface area contributed by atoms with Crippen LogP contribution in [0.5, 0.6) is 0 Å². The second-order valence-corrected chi connectivity index (χ2v) is 5.43. The maximum Gasteiger partial charge on any atom is 0.160 e. The van der Waals surface area contributed by atoms with Gasteiger partial charge < -0.3 is 5.32 Å². The molecule has 0 fully saturated rings. The summed E-state index contributed by atoms with van der Waals surface area (Å²) in [5.41, 5.74) is 1.81. The van der Waals surface area contributed by atoms with Crippen LogP contribution in [0.4, 0.5) is 4.39 Å². The standard InChI is InChI=1S/C14H15BrFN3/c1-9(2)17-6-10-7-18-14(19-8-10)12-4-3-11(16)5-13(12)15/h3-5,7-9,17H,6H2,1-2H3. The summed E-state index contributed by atoms with van der Waals surface area (Å²) in [6.07, 6.45) is 3.57. The molecular formula is C14H15BrFN3. The van der Waals surface area contributed by atoms with Crippen molar-refractivity contribution < 1.29 is 4.39 Å². The van der Waals surface area contributed by atoms with Gasteiger partial charge in [-0.2, -0.15) is 0 Å². The molecule has 0 amide bonds. The van der Waals surface area contributed by atoms with Crippen molar-refractivity contribution in [3.05, 3.63) is 46.4 Å². The zero-order valence-electron chi connectivity index (χ0n) is 10.8. The van der Waals surface area contributed by atoms with E-state index in [9.17, 15) is 4.39 Å². The van der Waals surface area contributed by atoms with Crippen molar-refractivity contribution in [2.45, 2.75) is 26.4 Å². The number of benzene rings is 1. The van der Waals surface area contributed by atoms with Crippen molar-refractivity contribution in [1.82, 2.24) is 15.3 Å². The number of hydrogen-bond donors (Lipinski definition) is 1. The van der Waals surface area contributed by atoms with Gasteiger partial charge in [0.15, 0.2) is 5.82 Å². The summed E-state index contributed by atoms with van der Waals surface area (Å²) in [5.74, 6) is 0.300. The highest BCUT2D eigenvalue weighted by Crippen LogP contribution is 2.25. The van der Waals surface area contributed by atoms with Crippen LogP contribution in [0.2, 0.25) is 0 Å². The lowest BCUT2D eigenvalue weighted by molar-refractivity contribution is 0.587. The first-order valence-corrected chi connectivity index (χ1v) is 6.85. The van der Waals surface area contributed by atoms with Gasteiger partial charge in [-0.25, -0.2) is 14.4 Å². The number of rotatable bonds is 4. The molecule has 0 unspecified atom stereocenters. The lowest BCUT2D eigenvalue weighted by Gasteiger charge is -2.08. The average molecular weight is 324 g/mol. The molecule has 100 valence electrons. The smallest absolute Gasteiger partial charge is 0.160 e. The summed E-state index contributed by atoms with van der Waals surface area (Å²) in [6, 6.07) is 4.90. The first-order valence-electron chi connectivity index (χ1n) is 6.06. The van der Waals surface area contributed by atoms with E-state index in [1.54, 1.807) is 18.5 Å². The Kier molecular flexibility index (Phi) is 4.61. The van der Waals surface area contributed by atoms with E-state index in [0.29, 0.717) is 16.3 Å². The minimum atomic E-state index is -0.284. The Balaban J connectivity index is 2.18. The summed E-state index contributed by atoms with van der Waals surface area (Å²) in [4.78, 5) is 8.63. The van der Waals surface area contributed by atoms with Crippen LogP contribution in [-0.2, 0) is 6.54 Å². The van der Waals surface area contributed by atoms with Crippen molar-refractivity contribution >= 4 is 15.9 Å². The van der Waals surface area contributed by atoms with Gasteiger partial charge in [-0.15, -0.1) is 0 Å². The van der Waals surface area contributed by atoms with Crippen LogP contribution in [0.25, 0.3) is 11.4 Å². The van der Waals surface area contributed by atoms with Gasteiger partial charge in [0.25, 0.3) is 0 Å². The van der Waals surface area contributed by atoms with Crippen LogP contribution in [0.3, 0.4) is 0 Å². The molecule has 3 nitrogen and oxygen atoms in total. The molecule has 0 radical (unpaired) electrons. The zero-order valence-corrected chi connectivity index (χ0v) is 12.4. The molecular weight excluding hydrogens is 309 g/mol. The van der Waals surface area contributed by atoms with Crippen LogP contribution in [0.15, 0.2) is 35.1 Å². The predicted molar refractivity (Wildman–Crippen MR) is 77.1 cm³/mol. The van der Waals surface area contributed by atoms with E-state index in [2.05, 4.69) is 45.1 Å². The Bertz CT molecular complexity index is 555. The maximum atomic E-state index is 13.0. The maximum absolute atomic E-state index is 13.0. The zero-order chi connectivity index (χ0) is 13.8. The first kappa shape index (κ1) is 14.1. The molecule has 0 bridgehead atoms. The molecule has 0 spiro atoms. The van der Waals surface area contributed by atoms with Gasteiger partial charge in [-0.3, -0.25) is 0 Å². The summed E-state index contributed by atoms with van der Waals surface area (Å²) >= 11 is 3.32. The van der Waals surface area contributed by atoms with E-state index < -0.39 is 0 Å². The SMILES string of the molecule is CC(C)NCc1cnc(-c2ccc(F)cc2Br)nc1. The molecule has 1 N–H and O–H groups in total. The molecule has 0 aliphatic heterocycles. The summed E-state index contributed by atoms with van der Waals surface area (Å²) in [7, 11) is 0. The van der Waals surface area contributed by atoms with E-state index in [-0.39, 0.29) is 5.82 Å². The molecule has 1 heterocycles. The molecule has 0 saturated heterocycles. The fourth-order valence-corrected chi connectivity index (χ4v) is 2.11. The van der Waals surface area contributed by atoms with Gasteiger partial charge in [0.05, 0.1) is 0 Å². The Morgan fingerprint density at radius 1 is 1.26 bits per heavy atom. The van der Waals surface area contributed by atoms with Crippen LogP contribution in [-0.4, -0.2) is 16.0 Å². The number of hydrogen-bond acceptors (Lipinski definition) is 3. The Labute approximate surface area is 120 Å². The number of aromatic nitrogens is 2. The number of halogens is 2. The number of nitrogens with one attached hydrogen (secondary N) is 1. The largest absolute Gasteiger partial charge is 0.310 e. The minimum Gasteiger partial charge on any atom is -0.310 e. The third-order valence-electron chi connectivity index (χ3n) is 2.59. The van der Waals surface area contributed by atoms with E-state index in [0.717, 1.165) is 17.7 Å². The monoisotopic (exact) mass is 323 g/mol. The summed E-state index contributed by atoms with van der Waals surface area (Å²) < 4.78 is 13.7. The van der Waals surface area contributed by atoms with E-state index in [1.807, 2.05) is 0 Å². The van der Waals surface area contributed by atoms with Crippen molar-refractivity contribution in [2.24, 2.45) is 0 Å². The van der Waals surface area contributed by atoms with Crippen molar-refractivity contribution in [1.29, 1.82) is 0 Å². The van der Waals surface area contributed by atoms with Gasteiger partial charge in [-0.1, -0.05) is 13.8 Å². The number of nitrogens with zero attached hydrogens (tertiary/aromatic N) is 2. The average Bonchev–Trinajstić information content (AvgIpc) is 2.37. The summed E-state index contributed by atoms with van der Waals surface area (Å²) in [6.45, 7) is 4.91. The second kappa shape index (κ2) is 6.21. The van der Waals surface area contributed by atoms with Gasteiger partial charge in [0.1, 0.15) is 5.82 Å². The molecule has 2 rings (SSSR count). The molecule has 19 heavy (non-hydrogen) atoms. The van der Waals surface area contributed by atoms with E-state index >= 15 is 0 Å². The molecule has 2 aromatic rings. The van der Waals surface area contributed by atoms with Gasteiger partial charge in [0.2, 0.25) is 0 Å². The first-order chi connectivity index (χ1) is 9.06. The van der Waals surface area contributed by atoms with Crippen LogP contribution in [0.1, 0.15) is 19.4 Å². The Morgan fingerprint density at radius 3 is 2.53 bits per heavy atom. The van der Waals surface area contributed by atoms with Gasteiger partial charge >= 0.3 is 0 Å². The highest BCUT2D eigenvalue weighted by Gasteiger charge is 2.07. The Morgan fingerprint density at radius 2 is 1.95 bits per heavy atom.